The van der Waals surface area contributed by atoms with Crippen molar-refractivity contribution >= 4 is 22.8 Å². The zero-order valence-electron chi connectivity index (χ0n) is 22.8. The first-order valence-corrected chi connectivity index (χ1v) is 13.1. The van der Waals surface area contributed by atoms with Gasteiger partial charge in [-0.1, -0.05) is 39.8 Å². The number of carbonyl (C=O) groups excluding carboxylic acids is 2. The maximum atomic E-state index is 12.9. The van der Waals surface area contributed by atoms with Gasteiger partial charge in [-0.25, -0.2) is 4.79 Å². The number of aliphatic hydroxyl groups is 1. The number of ether oxygens (including phenoxy) is 2. The highest BCUT2D eigenvalue weighted by Crippen LogP contribution is 2.34. The van der Waals surface area contributed by atoms with Gasteiger partial charge in [0, 0.05) is 36.6 Å². The molecule has 0 spiro atoms. The number of methoxy groups -OCH3 is 2. The van der Waals surface area contributed by atoms with Crippen molar-refractivity contribution in [3.05, 3.63) is 64.8 Å². The van der Waals surface area contributed by atoms with Crippen LogP contribution in [0.2, 0.25) is 0 Å². The average molecular weight is 509 g/mol. The zero-order chi connectivity index (χ0) is 27.1. The van der Waals surface area contributed by atoms with Gasteiger partial charge in [-0.2, -0.15) is 0 Å². The lowest BCUT2D eigenvalue weighted by molar-refractivity contribution is -0.130. The van der Waals surface area contributed by atoms with E-state index in [-0.39, 0.29) is 11.8 Å². The predicted octanol–water partition coefficient (Wildman–Crippen LogP) is 5.27. The molecule has 1 aromatic heterocycles. The van der Waals surface area contributed by atoms with Crippen LogP contribution < -0.4 is 10.1 Å². The number of esters is 1. The molecular formula is C30H40N2O5. The van der Waals surface area contributed by atoms with Gasteiger partial charge in [-0.3, -0.25) is 4.79 Å². The van der Waals surface area contributed by atoms with Gasteiger partial charge in [0.2, 0.25) is 5.91 Å². The molecule has 0 radical (unpaired) electrons. The summed E-state index contributed by atoms with van der Waals surface area (Å²) in [6.45, 7) is 9.53. The summed E-state index contributed by atoms with van der Waals surface area (Å²) in [5, 5.41) is 15.3. The Balaban J connectivity index is 2.04. The van der Waals surface area contributed by atoms with E-state index in [1.807, 2.05) is 45.0 Å². The molecule has 7 nitrogen and oxygen atoms in total. The van der Waals surface area contributed by atoms with E-state index >= 15 is 0 Å². The predicted molar refractivity (Wildman–Crippen MR) is 146 cm³/mol. The third-order valence-corrected chi connectivity index (χ3v) is 6.79. The second-order valence-corrected chi connectivity index (χ2v) is 9.82. The van der Waals surface area contributed by atoms with Crippen molar-refractivity contribution in [3.63, 3.8) is 0 Å². The van der Waals surface area contributed by atoms with E-state index in [4.69, 9.17) is 9.47 Å². The third-order valence-electron chi connectivity index (χ3n) is 6.79. The highest BCUT2D eigenvalue weighted by Gasteiger charge is 2.31. The van der Waals surface area contributed by atoms with Crippen molar-refractivity contribution in [3.8, 4) is 5.75 Å². The Morgan fingerprint density at radius 2 is 1.78 bits per heavy atom. The van der Waals surface area contributed by atoms with Crippen molar-refractivity contribution in [2.75, 3.05) is 20.8 Å². The molecule has 0 bridgehead atoms. The largest absolute Gasteiger partial charge is 0.496 e. The van der Waals surface area contributed by atoms with Crippen molar-refractivity contribution in [2.24, 2.45) is 11.8 Å². The summed E-state index contributed by atoms with van der Waals surface area (Å²) >= 11 is 0. The van der Waals surface area contributed by atoms with Crippen LogP contribution in [-0.2, 0) is 22.5 Å². The Labute approximate surface area is 219 Å². The van der Waals surface area contributed by atoms with Gasteiger partial charge in [-0.05, 0) is 59.7 Å². The Morgan fingerprint density at radius 1 is 1.03 bits per heavy atom. The van der Waals surface area contributed by atoms with Crippen LogP contribution >= 0.6 is 0 Å². The fourth-order valence-corrected chi connectivity index (χ4v) is 4.86. The summed E-state index contributed by atoms with van der Waals surface area (Å²) in [6.07, 6.45) is 3.64. The molecule has 2 aromatic carbocycles. The minimum Gasteiger partial charge on any atom is -0.496 e. The van der Waals surface area contributed by atoms with E-state index in [1.165, 1.54) is 7.11 Å². The molecule has 0 aliphatic rings. The van der Waals surface area contributed by atoms with E-state index < -0.39 is 18.0 Å². The number of fused-ring (bicyclic) bond motifs is 1. The fourth-order valence-electron chi connectivity index (χ4n) is 4.86. The number of aryl methyl sites for hydroxylation is 1. The summed E-state index contributed by atoms with van der Waals surface area (Å²) in [7, 11) is 2.94. The minimum atomic E-state index is -0.919. The standard InChI is InChI=1S/C30H40N2O5/c1-7-13-31-29(34)27(19(3)4)28(33)21-11-12-25-24(16-21)23(18-32(25)14-8-2)15-20-9-10-22(30(35)37-6)17-26(20)36-5/h9-12,16-19,27-28,33H,7-8,13-15H2,1-6H3,(H,31,34). The second-order valence-electron chi connectivity index (χ2n) is 9.82. The Morgan fingerprint density at radius 3 is 2.41 bits per heavy atom. The van der Waals surface area contributed by atoms with Crippen molar-refractivity contribution in [1.29, 1.82) is 0 Å². The average Bonchev–Trinajstić information content (AvgIpc) is 3.23. The number of aromatic nitrogens is 1. The first-order chi connectivity index (χ1) is 17.7. The molecule has 1 heterocycles. The van der Waals surface area contributed by atoms with Crippen LogP contribution in [0.5, 0.6) is 5.75 Å². The number of nitrogens with zero attached hydrogens (tertiary/aromatic N) is 1. The van der Waals surface area contributed by atoms with Gasteiger partial charge < -0.3 is 24.5 Å². The molecule has 0 fully saturated rings. The molecule has 1 amide bonds. The number of hydrogen-bond donors (Lipinski definition) is 2. The summed E-state index contributed by atoms with van der Waals surface area (Å²) in [6, 6.07) is 11.3. The van der Waals surface area contributed by atoms with Crippen LogP contribution in [0.1, 0.15) is 73.7 Å². The zero-order valence-corrected chi connectivity index (χ0v) is 22.8. The smallest absolute Gasteiger partial charge is 0.337 e. The quantitative estimate of drug-likeness (QED) is 0.325. The van der Waals surface area contributed by atoms with Crippen molar-refractivity contribution in [1.82, 2.24) is 9.88 Å². The van der Waals surface area contributed by atoms with Gasteiger partial charge in [0.1, 0.15) is 5.75 Å². The molecule has 7 heteroatoms. The van der Waals surface area contributed by atoms with E-state index in [9.17, 15) is 14.7 Å². The monoisotopic (exact) mass is 508 g/mol. The molecule has 3 rings (SSSR count). The van der Waals surface area contributed by atoms with Crippen molar-refractivity contribution < 1.29 is 24.2 Å². The lowest BCUT2D eigenvalue weighted by Crippen LogP contribution is -2.37. The topological polar surface area (TPSA) is 89.8 Å². The minimum absolute atomic E-state index is 0.0238. The third kappa shape index (κ3) is 6.34. The van der Waals surface area contributed by atoms with Crippen molar-refractivity contribution in [2.45, 2.75) is 59.6 Å². The molecule has 0 aliphatic carbocycles. The molecule has 2 unspecified atom stereocenters. The van der Waals surface area contributed by atoms with E-state index in [0.29, 0.717) is 24.3 Å². The molecule has 3 aromatic rings. The van der Waals surface area contributed by atoms with Gasteiger partial charge >= 0.3 is 5.97 Å². The highest BCUT2D eigenvalue weighted by atomic mass is 16.5. The van der Waals surface area contributed by atoms with Crippen LogP contribution in [0.25, 0.3) is 10.9 Å². The molecule has 2 atom stereocenters. The molecular weight excluding hydrogens is 468 g/mol. The molecule has 2 N–H and O–H groups in total. The van der Waals surface area contributed by atoms with Crippen LogP contribution in [0.15, 0.2) is 42.6 Å². The van der Waals surface area contributed by atoms with Crippen LogP contribution in [0.3, 0.4) is 0 Å². The summed E-state index contributed by atoms with van der Waals surface area (Å²) in [5.41, 5.74) is 4.26. The van der Waals surface area contributed by atoms with Crippen LogP contribution in [0, 0.1) is 11.8 Å². The number of benzene rings is 2. The number of amides is 1. The van der Waals surface area contributed by atoms with E-state index in [2.05, 4.69) is 23.0 Å². The van der Waals surface area contributed by atoms with Gasteiger partial charge in [-0.15, -0.1) is 0 Å². The molecule has 0 saturated heterocycles. The number of hydrogen-bond acceptors (Lipinski definition) is 5. The maximum Gasteiger partial charge on any atom is 0.337 e. The lowest BCUT2D eigenvalue weighted by atomic mass is 9.85. The summed E-state index contributed by atoms with van der Waals surface area (Å²) in [5.74, 6) is -0.488. The molecule has 200 valence electrons. The number of rotatable bonds is 12. The second kappa shape index (κ2) is 12.8. The molecule has 0 aliphatic heterocycles. The normalized spacial score (nSPS) is 13.0. The first-order valence-electron chi connectivity index (χ1n) is 13.1. The lowest BCUT2D eigenvalue weighted by Gasteiger charge is -2.26. The van der Waals surface area contributed by atoms with Crippen LogP contribution in [-0.4, -0.2) is 42.3 Å². The maximum absolute atomic E-state index is 12.9. The molecule has 37 heavy (non-hydrogen) atoms. The van der Waals surface area contributed by atoms with Gasteiger partial charge in [0.25, 0.3) is 0 Å². The van der Waals surface area contributed by atoms with Gasteiger partial charge in [0.05, 0.1) is 31.8 Å². The van der Waals surface area contributed by atoms with E-state index in [1.54, 1.807) is 19.2 Å². The Bertz CT molecular complexity index is 1230. The number of aliphatic hydroxyl groups excluding tert-OH is 1. The molecule has 0 saturated carbocycles. The van der Waals surface area contributed by atoms with Gasteiger partial charge in [0.15, 0.2) is 0 Å². The number of nitrogens with one attached hydrogen (secondary N) is 1. The Kier molecular flexibility index (Phi) is 9.75. The van der Waals surface area contributed by atoms with E-state index in [0.717, 1.165) is 47.0 Å². The first kappa shape index (κ1) is 28.3. The SMILES string of the molecule is CCCNC(=O)C(C(C)C)C(O)c1ccc2c(c1)c(Cc1ccc(C(=O)OC)cc1OC)cn2CCC. The summed E-state index contributed by atoms with van der Waals surface area (Å²) < 4.78 is 12.7. The highest BCUT2D eigenvalue weighted by molar-refractivity contribution is 5.90. The number of carbonyl (C=O) groups is 2. The fraction of sp³-hybridized carbons (Fsp3) is 0.467. The summed E-state index contributed by atoms with van der Waals surface area (Å²) in [4.78, 5) is 24.8. The Hall–Kier alpha value is -3.32. The van der Waals surface area contributed by atoms with Crippen LogP contribution in [0.4, 0.5) is 0 Å².